The van der Waals surface area contributed by atoms with Crippen molar-refractivity contribution in [2.75, 3.05) is 30.5 Å². The van der Waals surface area contributed by atoms with Crippen LogP contribution in [0.1, 0.15) is 25.8 Å². The number of anilines is 1. The average Bonchev–Trinajstić information content (AvgIpc) is 2.42. The van der Waals surface area contributed by atoms with E-state index in [1.54, 1.807) is 6.07 Å². The standard InChI is InChI=1S/C14H24FN3S/c1-5-13(10-19-4)18(3)14-11(8-16-6-2)7-12(15)9-17-14/h7,9,13,16H,5-6,8,10H2,1-4H3. The van der Waals surface area contributed by atoms with E-state index in [1.807, 2.05) is 25.7 Å². The second kappa shape index (κ2) is 8.38. The van der Waals surface area contributed by atoms with Gasteiger partial charge in [0.1, 0.15) is 11.6 Å². The third-order valence-corrected chi connectivity index (χ3v) is 3.91. The molecule has 3 nitrogen and oxygen atoms in total. The summed E-state index contributed by atoms with van der Waals surface area (Å²) in [7, 11) is 2.04. The first-order valence-corrected chi connectivity index (χ1v) is 8.10. The lowest BCUT2D eigenvalue weighted by atomic mass is 10.2. The first-order valence-electron chi connectivity index (χ1n) is 6.70. The fraction of sp³-hybridized carbons (Fsp3) is 0.643. The maximum absolute atomic E-state index is 13.4. The lowest BCUT2D eigenvalue weighted by molar-refractivity contribution is 0.607. The highest BCUT2D eigenvalue weighted by atomic mass is 32.2. The number of hydrogen-bond donors (Lipinski definition) is 1. The highest BCUT2D eigenvalue weighted by Gasteiger charge is 2.17. The van der Waals surface area contributed by atoms with Crippen molar-refractivity contribution in [2.45, 2.75) is 32.9 Å². The Hall–Kier alpha value is -0.810. The largest absolute Gasteiger partial charge is 0.356 e. The van der Waals surface area contributed by atoms with Gasteiger partial charge in [-0.2, -0.15) is 11.8 Å². The minimum atomic E-state index is -0.275. The number of thioether (sulfide) groups is 1. The van der Waals surface area contributed by atoms with Crippen molar-refractivity contribution >= 4 is 17.6 Å². The molecule has 1 N–H and O–H groups in total. The van der Waals surface area contributed by atoms with E-state index in [0.717, 1.165) is 30.1 Å². The minimum Gasteiger partial charge on any atom is -0.356 e. The summed E-state index contributed by atoms with van der Waals surface area (Å²) in [4.78, 5) is 6.45. The van der Waals surface area contributed by atoms with Gasteiger partial charge in [-0.25, -0.2) is 9.37 Å². The lowest BCUT2D eigenvalue weighted by Crippen LogP contribution is -2.35. The van der Waals surface area contributed by atoms with Crippen molar-refractivity contribution in [1.29, 1.82) is 0 Å². The zero-order chi connectivity index (χ0) is 14.3. The van der Waals surface area contributed by atoms with Crippen LogP contribution in [-0.2, 0) is 6.54 Å². The molecule has 1 heterocycles. The van der Waals surface area contributed by atoms with Crippen LogP contribution in [0.25, 0.3) is 0 Å². The van der Waals surface area contributed by atoms with Crippen LogP contribution >= 0.6 is 11.8 Å². The lowest BCUT2D eigenvalue weighted by Gasteiger charge is -2.29. The number of aromatic nitrogens is 1. The van der Waals surface area contributed by atoms with Crippen LogP contribution < -0.4 is 10.2 Å². The monoisotopic (exact) mass is 285 g/mol. The smallest absolute Gasteiger partial charge is 0.141 e. The molecule has 108 valence electrons. The molecule has 5 heteroatoms. The molecule has 0 saturated heterocycles. The molecule has 0 saturated carbocycles. The molecule has 0 fully saturated rings. The highest BCUT2D eigenvalue weighted by molar-refractivity contribution is 7.98. The van der Waals surface area contributed by atoms with E-state index in [0.29, 0.717) is 12.6 Å². The topological polar surface area (TPSA) is 28.2 Å². The van der Waals surface area contributed by atoms with E-state index in [1.165, 1.54) is 6.20 Å². The molecule has 0 spiro atoms. The van der Waals surface area contributed by atoms with E-state index in [4.69, 9.17) is 0 Å². The second-order valence-corrected chi connectivity index (χ2v) is 5.46. The maximum Gasteiger partial charge on any atom is 0.141 e. The summed E-state index contributed by atoms with van der Waals surface area (Å²) in [5.74, 6) is 1.65. The van der Waals surface area contributed by atoms with Crippen LogP contribution in [0.3, 0.4) is 0 Å². The molecular weight excluding hydrogens is 261 g/mol. The van der Waals surface area contributed by atoms with Crippen LogP contribution in [0.15, 0.2) is 12.3 Å². The molecule has 1 aromatic rings. The third kappa shape index (κ3) is 4.66. The van der Waals surface area contributed by atoms with Crippen LogP contribution in [0.4, 0.5) is 10.2 Å². The van der Waals surface area contributed by atoms with Gasteiger partial charge < -0.3 is 10.2 Å². The van der Waals surface area contributed by atoms with Crippen molar-refractivity contribution in [1.82, 2.24) is 10.3 Å². The Labute approximate surface area is 120 Å². The predicted molar refractivity (Wildman–Crippen MR) is 82.4 cm³/mol. The number of nitrogens with one attached hydrogen (secondary N) is 1. The van der Waals surface area contributed by atoms with Crippen molar-refractivity contribution in [3.8, 4) is 0 Å². The zero-order valence-corrected chi connectivity index (χ0v) is 13.1. The van der Waals surface area contributed by atoms with Gasteiger partial charge in [-0.1, -0.05) is 13.8 Å². The summed E-state index contributed by atoms with van der Waals surface area (Å²) in [6.07, 6.45) is 4.46. The number of nitrogens with zero attached hydrogens (tertiary/aromatic N) is 2. The van der Waals surface area contributed by atoms with Gasteiger partial charge in [0.2, 0.25) is 0 Å². The van der Waals surface area contributed by atoms with Crippen LogP contribution in [0.5, 0.6) is 0 Å². The summed E-state index contributed by atoms with van der Waals surface area (Å²) >= 11 is 1.83. The Morgan fingerprint density at radius 2 is 2.21 bits per heavy atom. The number of hydrogen-bond acceptors (Lipinski definition) is 4. The summed E-state index contributed by atoms with van der Waals surface area (Å²) in [6, 6.07) is 2.00. The minimum absolute atomic E-state index is 0.275. The third-order valence-electron chi connectivity index (χ3n) is 3.19. The van der Waals surface area contributed by atoms with Gasteiger partial charge >= 0.3 is 0 Å². The molecule has 0 aliphatic carbocycles. The van der Waals surface area contributed by atoms with Crippen LogP contribution in [0.2, 0.25) is 0 Å². The maximum atomic E-state index is 13.4. The number of pyridine rings is 1. The molecule has 0 aliphatic heterocycles. The van der Waals surface area contributed by atoms with Gasteiger partial charge in [0.05, 0.1) is 6.20 Å². The van der Waals surface area contributed by atoms with E-state index in [9.17, 15) is 4.39 Å². The Morgan fingerprint density at radius 1 is 1.47 bits per heavy atom. The van der Waals surface area contributed by atoms with Gasteiger partial charge in [-0.3, -0.25) is 0 Å². The van der Waals surface area contributed by atoms with Crippen LogP contribution in [-0.4, -0.2) is 36.6 Å². The molecule has 0 radical (unpaired) electrons. The highest BCUT2D eigenvalue weighted by Crippen LogP contribution is 2.21. The van der Waals surface area contributed by atoms with Crippen molar-refractivity contribution in [2.24, 2.45) is 0 Å². The normalized spacial score (nSPS) is 12.5. The van der Waals surface area contributed by atoms with Gasteiger partial charge in [-0.05, 0) is 25.3 Å². The van der Waals surface area contributed by atoms with E-state index in [2.05, 4.69) is 28.4 Å². The first kappa shape index (κ1) is 16.2. The quantitative estimate of drug-likeness (QED) is 0.795. The summed E-state index contributed by atoms with van der Waals surface area (Å²) in [6.45, 7) is 5.72. The summed E-state index contributed by atoms with van der Waals surface area (Å²) in [5.41, 5.74) is 0.920. The van der Waals surface area contributed by atoms with Gasteiger partial charge in [0, 0.05) is 31.0 Å². The van der Waals surface area contributed by atoms with E-state index in [-0.39, 0.29) is 5.82 Å². The molecular formula is C14H24FN3S. The molecule has 1 rings (SSSR count). The SMILES string of the molecule is CCNCc1cc(F)cnc1N(C)C(CC)CSC. The average molecular weight is 285 g/mol. The van der Waals surface area contributed by atoms with Gasteiger partial charge in [-0.15, -0.1) is 0 Å². The molecule has 19 heavy (non-hydrogen) atoms. The zero-order valence-electron chi connectivity index (χ0n) is 12.2. The van der Waals surface area contributed by atoms with Gasteiger partial charge in [0.25, 0.3) is 0 Å². The van der Waals surface area contributed by atoms with Crippen molar-refractivity contribution in [3.63, 3.8) is 0 Å². The Bertz CT molecular complexity index is 387. The van der Waals surface area contributed by atoms with Gasteiger partial charge in [0.15, 0.2) is 0 Å². The summed E-state index contributed by atoms with van der Waals surface area (Å²) in [5, 5.41) is 3.24. The molecule has 1 unspecified atom stereocenters. The fourth-order valence-corrected chi connectivity index (χ4v) is 2.89. The molecule has 1 aromatic heterocycles. The van der Waals surface area contributed by atoms with E-state index < -0.39 is 0 Å². The first-order chi connectivity index (χ1) is 9.13. The molecule has 0 aliphatic rings. The number of rotatable bonds is 8. The Balaban J connectivity index is 2.96. The van der Waals surface area contributed by atoms with Crippen LogP contribution in [0, 0.1) is 5.82 Å². The molecule has 1 atom stereocenters. The molecule has 0 bridgehead atoms. The molecule has 0 aromatic carbocycles. The fourth-order valence-electron chi connectivity index (χ4n) is 2.05. The van der Waals surface area contributed by atoms with Crippen molar-refractivity contribution in [3.05, 3.63) is 23.6 Å². The molecule has 0 amide bonds. The predicted octanol–water partition coefficient (Wildman–Crippen LogP) is 2.91. The van der Waals surface area contributed by atoms with E-state index >= 15 is 0 Å². The summed E-state index contributed by atoms with van der Waals surface area (Å²) < 4.78 is 13.4. The second-order valence-electron chi connectivity index (χ2n) is 4.54. The number of halogens is 1. The van der Waals surface area contributed by atoms with Crippen molar-refractivity contribution < 1.29 is 4.39 Å². The Morgan fingerprint density at radius 3 is 2.79 bits per heavy atom. The Kier molecular flexibility index (Phi) is 7.16.